The average molecular weight is 230 g/mol. The average Bonchev–Trinajstić information content (AvgIpc) is 2.30. The van der Waals surface area contributed by atoms with Crippen LogP contribution in [0.25, 0.3) is 0 Å². The summed E-state index contributed by atoms with van der Waals surface area (Å²) in [6.07, 6.45) is 1.21. The molecule has 0 heterocycles. The van der Waals surface area contributed by atoms with Crippen LogP contribution in [0.15, 0.2) is 0 Å². The highest BCUT2D eigenvalue weighted by atomic mass is 16.5. The van der Waals surface area contributed by atoms with Crippen molar-refractivity contribution in [3.63, 3.8) is 0 Å². The Bertz CT molecular complexity index is 153. The highest BCUT2D eigenvalue weighted by Crippen LogP contribution is 2.07. The minimum atomic E-state index is 0.652. The number of rotatable bonds is 10. The molecule has 0 rings (SSSR count). The smallest absolute Gasteiger partial charge is 0.0589 e. The molecule has 2 atom stereocenters. The van der Waals surface area contributed by atoms with Gasteiger partial charge in [-0.2, -0.15) is 0 Å². The molecule has 0 amide bonds. The summed E-state index contributed by atoms with van der Waals surface area (Å²) >= 11 is 0. The van der Waals surface area contributed by atoms with Gasteiger partial charge in [-0.3, -0.25) is 4.90 Å². The number of ether oxygens (including phenoxy) is 1. The van der Waals surface area contributed by atoms with Crippen LogP contribution >= 0.6 is 0 Å². The van der Waals surface area contributed by atoms with E-state index in [2.05, 4.69) is 37.9 Å². The van der Waals surface area contributed by atoms with Crippen LogP contribution in [0.5, 0.6) is 0 Å². The van der Waals surface area contributed by atoms with Gasteiger partial charge in [-0.05, 0) is 32.4 Å². The predicted octanol–water partition coefficient (Wildman–Crippen LogP) is 1.98. The molecule has 0 fully saturated rings. The zero-order valence-electron chi connectivity index (χ0n) is 11.8. The van der Waals surface area contributed by atoms with Crippen LogP contribution < -0.4 is 5.32 Å². The Labute approximate surface area is 102 Å². The van der Waals surface area contributed by atoms with Gasteiger partial charge in [0.25, 0.3) is 0 Å². The first-order valence-corrected chi connectivity index (χ1v) is 6.59. The van der Waals surface area contributed by atoms with E-state index >= 15 is 0 Å². The number of hydrogen-bond acceptors (Lipinski definition) is 3. The minimum Gasteiger partial charge on any atom is -0.383 e. The molecule has 0 radical (unpaired) electrons. The summed E-state index contributed by atoms with van der Waals surface area (Å²) in [6.45, 7) is 14.2. The van der Waals surface area contributed by atoms with E-state index in [4.69, 9.17) is 4.74 Å². The minimum absolute atomic E-state index is 0.652. The van der Waals surface area contributed by atoms with E-state index < -0.39 is 0 Å². The maximum absolute atomic E-state index is 5.17. The number of methoxy groups -OCH3 is 1. The van der Waals surface area contributed by atoms with Crippen molar-refractivity contribution in [2.45, 2.75) is 40.2 Å². The highest BCUT2D eigenvalue weighted by molar-refractivity contribution is 4.70. The summed E-state index contributed by atoms with van der Waals surface area (Å²) in [5.74, 6) is 0.700. The topological polar surface area (TPSA) is 24.5 Å². The van der Waals surface area contributed by atoms with E-state index in [1.165, 1.54) is 6.42 Å². The van der Waals surface area contributed by atoms with Crippen LogP contribution in [0.3, 0.4) is 0 Å². The first kappa shape index (κ1) is 15.9. The van der Waals surface area contributed by atoms with Gasteiger partial charge in [0.05, 0.1) is 6.61 Å². The Morgan fingerprint density at radius 2 is 1.94 bits per heavy atom. The van der Waals surface area contributed by atoms with Gasteiger partial charge in [-0.1, -0.05) is 20.8 Å². The second-order valence-corrected chi connectivity index (χ2v) is 4.66. The lowest BCUT2D eigenvalue weighted by Gasteiger charge is -2.30. The number of nitrogens with zero attached hydrogens (tertiary/aromatic N) is 1. The van der Waals surface area contributed by atoms with Gasteiger partial charge in [0.2, 0.25) is 0 Å². The molecule has 0 aromatic heterocycles. The molecular weight excluding hydrogens is 200 g/mol. The van der Waals surface area contributed by atoms with Gasteiger partial charge >= 0.3 is 0 Å². The maximum atomic E-state index is 5.17. The molecule has 0 aromatic carbocycles. The molecule has 0 aliphatic heterocycles. The second kappa shape index (κ2) is 10.1. The van der Waals surface area contributed by atoms with Gasteiger partial charge in [0.15, 0.2) is 0 Å². The molecule has 98 valence electrons. The zero-order chi connectivity index (χ0) is 12.4. The van der Waals surface area contributed by atoms with E-state index in [1.807, 2.05) is 0 Å². The van der Waals surface area contributed by atoms with Crippen LogP contribution in [0.4, 0.5) is 0 Å². The molecule has 0 aliphatic rings. The molecule has 0 spiro atoms. The summed E-state index contributed by atoms with van der Waals surface area (Å²) in [5.41, 5.74) is 0. The summed E-state index contributed by atoms with van der Waals surface area (Å²) in [5, 5.41) is 3.41. The lowest BCUT2D eigenvalue weighted by molar-refractivity contribution is 0.111. The molecule has 0 bridgehead atoms. The third-order valence-corrected chi connectivity index (χ3v) is 3.09. The van der Waals surface area contributed by atoms with Crippen molar-refractivity contribution in [3.8, 4) is 0 Å². The molecule has 0 saturated heterocycles. The monoisotopic (exact) mass is 230 g/mol. The normalized spacial score (nSPS) is 15.4. The molecule has 1 N–H and O–H groups in total. The largest absolute Gasteiger partial charge is 0.383 e. The summed E-state index contributed by atoms with van der Waals surface area (Å²) in [6, 6.07) is 0.652. The fraction of sp³-hybridized carbons (Fsp3) is 1.00. The Morgan fingerprint density at radius 1 is 1.25 bits per heavy atom. The van der Waals surface area contributed by atoms with E-state index in [0.29, 0.717) is 12.0 Å². The van der Waals surface area contributed by atoms with Crippen molar-refractivity contribution >= 4 is 0 Å². The quantitative estimate of drug-likeness (QED) is 0.621. The van der Waals surface area contributed by atoms with E-state index in [0.717, 1.165) is 32.8 Å². The standard InChI is InChI=1S/C13H30N2O/c1-6-13(4)15(8-9-16-5)11-12(3)10-14-7-2/h12-14H,6-11H2,1-5H3. The molecular formula is C13H30N2O. The fourth-order valence-corrected chi connectivity index (χ4v) is 1.81. The van der Waals surface area contributed by atoms with Gasteiger partial charge in [-0.15, -0.1) is 0 Å². The molecule has 0 saturated carbocycles. The van der Waals surface area contributed by atoms with Crippen molar-refractivity contribution < 1.29 is 4.74 Å². The third-order valence-electron chi connectivity index (χ3n) is 3.09. The third kappa shape index (κ3) is 7.20. The summed E-state index contributed by atoms with van der Waals surface area (Å²) in [7, 11) is 1.77. The first-order chi connectivity index (χ1) is 7.65. The van der Waals surface area contributed by atoms with Crippen LogP contribution in [0, 0.1) is 5.92 Å². The van der Waals surface area contributed by atoms with Gasteiger partial charge < -0.3 is 10.1 Å². The van der Waals surface area contributed by atoms with Crippen LogP contribution in [0.2, 0.25) is 0 Å². The SMILES string of the molecule is CCNCC(C)CN(CCOC)C(C)CC. The van der Waals surface area contributed by atoms with E-state index in [1.54, 1.807) is 7.11 Å². The highest BCUT2D eigenvalue weighted by Gasteiger charge is 2.14. The summed E-state index contributed by atoms with van der Waals surface area (Å²) < 4.78 is 5.17. The fourth-order valence-electron chi connectivity index (χ4n) is 1.81. The lowest BCUT2D eigenvalue weighted by Crippen LogP contribution is -2.40. The lowest BCUT2D eigenvalue weighted by atomic mass is 10.1. The molecule has 2 unspecified atom stereocenters. The molecule has 3 nitrogen and oxygen atoms in total. The molecule has 0 aromatic rings. The Kier molecular flexibility index (Phi) is 9.99. The number of hydrogen-bond donors (Lipinski definition) is 1. The van der Waals surface area contributed by atoms with Crippen LogP contribution in [0.1, 0.15) is 34.1 Å². The van der Waals surface area contributed by atoms with Crippen molar-refractivity contribution in [1.29, 1.82) is 0 Å². The van der Waals surface area contributed by atoms with E-state index in [9.17, 15) is 0 Å². The van der Waals surface area contributed by atoms with Crippen molar-refractivity contribution in [3.05, 3.63) is 0 Å². The predicted molar refractivity (Wildman–Crippen MR) is 70.9 cm³/mol. The molecule has 3 heteroatoms. The van der Waals surface area contributed by atoms with Crippen molar-refractivity contribution in [2.75, 3.05) is 39.9 Å². The van der Waals surface area contributed by atoms with Crippen molar-refractivity contribution in [1.82, 2.24) is 10.2 Å². The first-order valence-electron chi connectivity index (χ1n) is 6.59. The van der Waals surface area contributed by atoms with Crippen LogP contribution in [-0.2, 0) is 4.74 Å². The Morgan fingerprint density at radius 3 is 2.44 bits per heavy atom. The number of nitrogens with one attached hydrogen (secondary N) is 1. The van der Waals surface area contributed by atoms with Crippen LogP contribution in [-0.4, -0.2) is 50.8 Å². The Hall–Kier alpha value is -0.120. The van der Waals surface area contributed by atoms with Crippen molar-refractivity contribution in [2.24, 2.45) is 5.92 Å². The molecule has 16 heavy (non-hydrogen) atoms. The van der Waals surface area contributed by atoms with Gasteiger partial charge in [0, 0.05) is 26.2 Å². The summed E-state index contributed by atoms with van der Waals surface area (Å²) in [4.78, 5) is 2.53. The zero-order valence-corrected chi connectivity index (χ0v) is 11.8. The maximum Gasteiger partial charge on any atom is 0.0589 e. The molecule has 0 aliphatic carbocycles. The Balaban J connectivity index is 3.97. The van der Waals surface area contributed by atoms with Gasteiger partial charge in [0.1, 0.15) is 0 Å². The van der Waals surface area contributed by atoms with Gasteiger partial charge in [-0.25, -0.2) is 0 Å². The van der Waals surface area contributed by atoms with E-state index in [-0.39, 0.29) is 0 Å². The second-order valence-electron chi connectivity index (χ2n) is 4.66.